The summed E-state index contributed by atoms with van der Waals surface area (Å²) in [5.41, 5.74) is 8.27. The molecule has 0 aliphatic carbocycles. The maximum absolute atomic E-state index is 4.42. The normalized spacial score (nSPS) is 11.4. The lowest BCUT2D eigenvalue weighted by atomic mass is 9.96. The van der Waals surface area contributed by atoms with E-state index < -0.39 is 0 Å². The molecule has 0 atom stereocenters. The number of hydrogen-bond donors (Lipinski definition) is 0. The number of para-hydroxylation sites is 2. The predicted octanol–water partition coefficient (Wildman–Crippen LogP) is 5.56. The van der Waals surface area contributed by atoms with Crippen LogP contribution in [0.2, 0.25) is 0 Å². The van der Waals surface area contributed by atoms with E-state index in [1.54, 1.807) is 12.7 Å². The average Bonchev–Trinajstić information content (AvgIpc) is 3.03. The molecule has 136 valence electrons. The van der Waals surface area contributed by atoms with E-state index in [4.69, 9.17) is 0 Å². The monoisotopic (exact) mass is 364 g/mol. The van der Waals surface area contributed by atoms with Crippen molar-refractivity contribution in [3.05, 3.63) is 83.9 Å². The summed E-state index contributed by atoms with van der Waals surface area (Å²) in [7, 11) is 0. The lowest BCUT2D eigenvalue weighted by molar-refractivity contribution is 1.04. The van der Waals surface area contributed by atoms with Crippen LogP contribution in [-0.4, -0.2) is 19.5 Å². The molecule has 0 spiro atoms. The highest BCUT2D eigenvalue weighted by Crippen LogP contribution is 2.37. The van der Waals surface area contributed by atoms with E-state index in [-0.39, 0.29) is 0 Å². The summed E-state index contributed by atoms with van der Waals surface area (Å²) >= 11 is 0. The Morgan fingerprint density at radius 2 is 1.29 bits per heavy atom. The zero-order valence-electron chi connectivity index (χ0n) is 16.1. The fraction of sp³-hybridized carbons (Fsp3) is 0.125. The second kappa shape index (κ2) is 6.27. The Balaban J connectivity index is 1.93. The summed E-state index contributed by atoms with van der Waals surface area (Å²) in [5.74, 6) is 0.715. The van der Waals surface area contributed by atoms with E-state index in [0.29, 0.717) is 5.82 Å². The Labute approximate surface area is 163 Å². The summed E-state index contributed by atoms with van der Waals surface area (Å²) < 4.78 is 2.37. The van der Waals surface area contributed by atoms with E-state index >= 15 is 0 Å². The quantitative estimate of drug-likeness (QED) is 0.412. The van der Waals surface area contributed by atoms with Crippen LogP contribution in [-0.2, 0) is 0 Å². The summed E-state index contributed by atoms with van der Waals surface area (Å²) in [6, 6.07) is 19.4. The van der Waals surface area contributed by atoms with Gasteiger partial charge < -0.3 is 4.57 Å². The van der Waals surface area contributed by atoms with E-state index in [1.807, 2.05) is 0 Å². The molecule has 28 heavy (non-hydrogen) atoms. The largest absolute Gasteiger partial charge is 0.309 e. The molecule has 0 amide bonds. The Morgan fingerprint density at radius 3 is 1.89 bits per heavy atom. The molecule has 0 saturated carbocycles. The fourth-order valence-corrected chi connectivity index (χ4v) is 4.40. The minimum atomic E-state index is 0.715. The second-order valence-corrected chi connectivity index (χ2v) is 7.19. The van der Waals surface area contributed by atoms with E-state index in [2.05, 4.69) is 94.9 Å². The number of aryl methyl sites for hydroxylation is 2. The number of aromatic nitrogens is 4. The number of rotatable bonds is 2. The molecule has 4 nitrogen and oxygen atoms in total. The van der Waals surface area contributed by atoms with Crippen LogP contribution in [0.4, 0.5) is 0 Å². The van der Waals surface area contributed by atoms with Gasteiger partial charge in [0.15, 0.2) is 5.82 Å². The van der Waals surface area contributed by atoms with Crippen molar-refractivity contribution in [3.63, 3.8) is 0 Å². The third-order valence-electron chi connectivity index (χ3n) is 5.45. The summed E-state index contributed by atoms with van der Waals surface area (Å²) in [6.45, 7) is 6.46. The molecule has 0 unspecified atom stereocenters. The molecule has 5 aromatic rings. The molecule has 0 bridgehead atoms. The van der Waals surface area contributed by atoms with Crippen molar-refractivity contribution in [2.75, 3.05) is 0 Å². The van der Waals surface area contributed by atoms with Gasteiger partial charge in [0.05, 0.1) is 16.7 Å². The molecular weight excluding hydrogens is 344 g/mol. The van der Waals surface area contributed by atoms with Crippen molar-refractivity contribution in [2.45, 2.75) is 20.8 Å². The molecular formula is C24H20N4. The van der Waals surface area contributed by atoms with Crippen LogP contribution in [0, 0.1) is 20.8 Å². The molecule has 3 aromatic carbocycles. The van der Waals surface area contributed by atoms with Crippen molar-refractivity contribution in [1.82, 2.24) is 19.5 Å². The van der Waals surface area contributed by atoms with E-state index in [0.717, 1.165) is 5.56 Å². The minimum Gasteiger partial charge on any atom is -0.309 e. The standard InChI is InChI=1S/C24H20N4/c1-15-12-16(2)23(17(3)22(15)24-26-13-25-14-27-24)28-20-10-6-4-8-18(20)19-9-5-7-11-21(19)28/h4-14H,1-3H3. The molecule has 0 saturated heterocycles. The van der Waals surface area contributed by atoms with Gasteiger partial charge in [0.25, 0.3) is 0 Å². The van der Waals surface area contributed by atoms with E-state index in [1.165, 1.54) is 44.2 Å². The Morgan fingerprint density at radius 1 is 0.714 bits per heavy atom. The molecule has 5 rings (SSSR count). The first-order valence-electron chi connectivity index (χ1n) is 9.38. The average molecular weight is 364 g/mol. The van der Waals surface area contributed by atoms with E-state index in [9.17, 15) is 0 Å². The van der Waals surface area contributed by atoms with Crippen molar-refractivity contribution < 1.29 is 0 Å². The first-order valence-corrected chi connectivity index (χ1v) is 9.38. The van der Waals surface area contributed by atoms with Crippen LogP contribution in [0.15, 0.2) is 67.3 Å². The number of nitrogens with zero attached hydrogens (tertiary/aromatic N) is 4. The van der Waals surface area contributed by atoms with Crippen molar-refractivity contribution in [3.8, 4) is 17.1 Å². The van der Waals surface area contributed by atoms with Gasteiger partial charge in [-0.05, 0) is 49.6 Å². The van der Waals surface area contributed by atoms with Gasteiger partial charge in [-0.25, -0.2) is 15.0 Å². The van der Waals surface area contributed by atoms with Crippen LogP contribution in [0.25, 0.3) is 38.9 Å². The Bertz CT molecular complexity index is 1280. The predicted molar refractivity (Wildman–Crippen MR) is 114 cm³/mol. The van der Waals surface area contributed by atoms with Crippen molar-refractivity contribution >= 4 is 21.8 Å². The van der Waals surface area contributed by atoms with Gasteiger partial charge >= 0.3 is 0 Å². The SMILES string of the molecule is Cc1cc(C)c(-n2c3ccccc3c3ccccc32)c(C)c1-c1ncncn1. The summed E-state index contributed by atoms with van der Waals surface area (Å²) in [5, 5.41) is 2.53. The van der Waals surface area contributed by atoms with Crippen LogP contribution in [0.3, 0.4) is 0 Å². The molecule has 2 heterocycles. The van der Waals surface area contributed by atoms with Gasteiger partial charge in [0, 0.05) is 16.3 Å². The summed E-state index contributed by atoms with van der Waals surface area (Å²) in [6.07, 6.45) is 3.11. The topological polar surface area (TPSA) is 43.6 Å². The van der Waals surface area contributed by atoms with Gasteiger partial charge in [-0.1, -0.05) is 42.5 Å². The van der Waals surface area contributed by atoms with Crippen LogP contribution < -0.4 is 0 Å². The number of hydrogen-bond acceptors (Lipinski definition) is 3. The van der Waals surface area contributed by atoms with Crippen molar-refractivity contribution in [2.24, 2.45) is 0 Å². The maximum Gasteiger partial charge on any atom is 0.163 e. The van der Waals surface area contributed by atoms with Gasteiger partial charge in [-0.2, -0.15) is 0 Å². The molecule has 0 N–H and O–H groups in total. The molecule has 0 fully saturated rings. The summed E-state index contributed by atoms with van der Waals surface area (Å²) in [4.78, 5) is 12.8. The minimum absolute atomic E-state index is 0.715. The van der Waals surface area contributed by atoms with Gasteiger partial charge in [0.1, 0.15) is 12.7 Å². The molecule has 0 aliphatic heterocycles. The Hall–Kier alpha value is -3.53. The Kier molecular flexibility index (Phi) is 3.72. The maximum atomic E-state index is 4.42. The highest BCUT2D eigenvalue weighted by molar-refractivity contribution is 6.09. The second-order valence-electron chi connectivity index (χ2n) is 7.19. The highest BCUT2D eigenvalue weighted by atomic mass is 15.0. The third-order valence-corrected chi connectivity index (χ3v) is 5.45. The fourth-order valence-electron chi connectivity index (χ4n) is 4.40. The molecule has 0 radical (unpaired) electrons. The zero-order valence-corrected chi connectivity index (χ0v) is 16.1. The van der Waals surface area contributed by atoms with Gasteiger partial charge in [-0.15, -0.1) is 0 Å². The van der Waals surface area contributed by atoms with Gasteiger partial charge in [0.2, 0.25) is 0 Å². The third kappa shape index (κ3) is 2.34. The number of fused-ring (bicyclic) bond motifs is 3. The first-order chi connectivity index (χ1) is 13.7. The lowest BCUT2D eigenvalue weighted by Gasteiger charge is -2.19. The molecule has 2 aromatic heterocycles. The van der Waals surface area contributed by atoms with Gasteiger partial charge in [-0.3, -0.25) is 0 Å². The van der Waals surface area contributed by atoms with Crippen molar-refractivity contribution in [1.29, 1.82) is 0 Å². The molecule has 4 heteroatoms. The highest BCUT2D eigenvalue weighted by Gasteiger charge is 2.19. The smallest absolute Gasteiger partial charge is 0.163 e. The van der Waals surface area contributed by atoms with Crippen LogP contribution >= 0.6 is 0 Å². The first kappa shape index (κ1) is 16.6. The zero-order chi connectivity index (χ0) is 19.3. The lowest BCUT2D eigenvalue weighted by Crippen LogP contribution is -2.05. The number of benzene rings is 3. The van der Waals surface area contributed by atoms with Crippen LogP contribution in [0.5, 0.6) is 0 Å². The molecule has 0 aliphatic rings. The van der Waals surface area contributed by atoms with Crippen LogP contribution in [0.1, 0.15) is 16.7 Å².